The highest BCUT2D eigenvalue weighted by Gasteiger charge is 2.32. The quantitative estimate of drug-likeness (QED) is 0.348. The predicted molar refractivity (Wildman–Crippen MR) is 102 cm³/mol. The standard InChI is InChI=1S/C17H17N3O3SSi/c1-25(2,3)11-15-16(21)14(10-19(15)17-18-8-9-24-17)12-4-6-13(7-5-12)20(22)23/h4-11H,1-3H3/b15-11+. The summed E-state index contributed by atoms with van der Waals surface area (Å²) in [5, 5.41) is 13.4. The van der Waals surface area contributed by atoms with Gasteiger partial charge < -0.3 is 0 Å². The van der Waals surface area contributed by atoms with Crippen molar-refractivity contribution in [2.45, 2.75) is 19.6 Å². The van der Waals surface area contributed by atoms with Gasteiger partial charge in [-0.2, -0.15) is 0 Å². The number of allylic oxidation sites excluding steroid dienone is 1. The lowest BCUT2D eigenvalue weighted by molar-refractivity contribution is -0.384. The van der Waals surface area contributed by atoms with E-state index in [9.17, 15) is 14.9 Å². The molecule has 0 fully saturated rings. The van der Waals surface area contributed by atoms with Crippen molar-refractivity contribution in [1.82, 2.24) is 4.98 Å². The summed E-state index contributed by atoms with van der Waals surface area (Å²) in [5.74, 6) is -0.0773. The van der Waals surface area contributed by atoms with Gasteiger partial charge in [0, 0.05) is 35.5 Å². The maximum absolute atomic E-state index is 13.0. The van der Waals surface area contributed by atoms with E-state index in [4.69, 9.17) is 0 Å². The number of rotatable bonds is 4. The average molecular weight is 371 g/mol. The van der Waals surface area contributed by atoms with E-state index in [1.165, 1.54) is 23.5 Å². The SMILES string of the molecule is C[Si](C)(C)/C=C1\C(=O)C(c2ccc([N+](=O)[O-])cc2)=CN1c1nccs1. The molecule has 0 N–H and O–H groups in total. The van der Waals surface area contributed by atoms with Gasteiger partial charge in [-0.3, -0.25) is 19.8 Å². The Labute approximate surface area is 150 Å². The van der Waals surface area contributed by atoms with Gasteiger partial charge in [-0.15, -0.1) is 11.3 Å². The fraction of sp³-hybridized carbons (Fsp3) is 0.176. The van der Waals surface area contributed by atoms with Crippen molar-refractivity contribution in [2.24, 2.45) is 0 Å². The van der Waals surface area contributed by atoms with E-state index in [1.54, 1.807) is 24.5 Å². The van der Waals surface area contributed by atoms with Crippen LogP contribution in [0.3, 0.4) is 0 Å². The molecule has 0 aliphatic carbocycles. The number of hydrogen-bond acceptors (Lipinski definition) is 6. The van der Waals surface area contributed by atoms with Crippen molar-refractivity contribution in [3.05, 3.63) is 69.1 Å². The number of hydrogen-bond donors (Lipinski definition) is 0. The van der Waals surface area contributed by atoms with E-state index >= 15 is 0 Å². The van der Waals surface area contributed by atoms with E-state index in [0.29, 0.717) is 16.8 Å². The van der Waals surface area contributed by atoms with Crippen LogP contribution in [0.25, 0.3) is 5.57 Å². The fourth-order valence-electron chi connectivity index (χ4n) is 2.51. The molecule has 2 aromatic rings. The maximum Gasteiger partial charge on any atom is 0.269 e. The molecule has 8 heteroatoms. The molecule has 0 unspecified atom stereocenters. The Morgan fingerprint density at radius 3 is 2.44 bits per heavy atom. The number of carbonyl (C=O) groups excluding carboxylic acids is 1. The molecular weight excluding hydrogens is 354 g/mol. The smallest absolute Gasteiger partial charge is 0.269 e. The molecule has 6 nitrogen and oxygen atoms in total. The van der Waals surface area contributed by atoms with Crippen LogP contribution in [0.1, 0.15) is 5.56 Å². The zero-order chi connectivity index (χ0) is 18.2. The second-order valence-corrected chi connectivity index (χ2v) is 12.6. The number of ketones is 1. The van der Waals surface area contributed by atoms with Crippen LogP contribution in [-0.2, 0) is 4.79 Å². The topological polar surface area (TPSA) is 76.3 Å². The van der Waals surface area contributed by atoms with Crippen molar-refractivity contribution in [3.63, 3.8) is 0 Å². The molecule has 2 heterocycles. The second kappa shape index (κ2) is 6.38. The van der Waals surface area contributed by atoms with Gasteiger partial charge in [0.25, 0.3) is 5.69 Å². The lowest BCUT2D eigenvalue weighted by Gasteiger charge is -2.17. The summed E-state index contributed by atoms with van der Waals surface area (Å²) >= 11 is 1.46. The Hall–Kier alpha value is -2.58. The Morgan fingerprint density at radius 2 is 1.92 bits per heavy atom. The van der Waals surface area contributed by atoms with Crippen LogP contribution in [0.4, 0.5) is 10.8 Å². The van der Waals surface area contributed by atoms with Crippen LogP contribution in [0, 0.1) is 10.1 Å². The molecule has 0 spiro atoms. The summed E-state index contributed by atoms with van der Waals surface area (Å²) in [7, 11) is -1.64. The zero-order valence-electron chi connectivity index (χ0n) is 14.1. The minimum Gasteiger partial charge on any atom is -0.289 e. The molecule has 0 bridgehead atoms. The molecular formula is C17H17N3O3SSi. The van der Waals surface area contributed by atoms with Gasteiger partial charge in [-0.05, 0) is 17.7 Å². The fourth-order valence-corrected chi connectivity index (χ4v) is 4.23. The third kappa shape index (κ3) is 3.59. The summed E-state index contributed by atoms with van der Waals surface area (Å²) in [4.78, 5) is 29.5. The molecule has 0 amide bonds. The third-order valence-corrected chi connectivity index (χ3v) is 5.49. The minimum atomic E-state index is -1.64. The third-order valence-electron chi connectivity index (χ3n) is 3.58. The molecule has 0 radical (unpaired) electrons. The van der Waals surface area contributed by atoms with Gasteiger partial charge >= 0.3 is 0 Å². The Bertz CT molecular complexity index is 881. The van der Waals surface area contributed by atoms with Crippen LogP contribution in [-0.4, -0.2) is 23.8 Å². The van der Waals surface area contributed by atoms with Gasteiger partial charge in [-0.25, -0.2) is 4.98 Å². The van der Waals surface area contributed by atoms with Crippen LogP contribution in [0.5, 0.6) is 0 Å². The molecule has 25 heavy (non-hydrogen) atoms. The van der Waals surface area contributed by atoms with Gasteiger partial charge in [-0.1, -0.05) is 25.3 Å². The summed E-state index contributed by atoms with van der Waals surface area (Å²) < 4.78 is 0. The number of benzene rings is 1. The zero-order valence-corrected chi connectivity index (χ0v) is 15.9. The van der Waals surface area contributed by atoms with Gasteiger partial charge in [0.2, 0.25) is 5.78 Å². The molecule has 0 saturated heterocycles. The van der Waals surface area contributed by atoms with Crippen LogP contribution in [0.15, 0.2) is 53.4 Å². The molecule has 1 aliphatic heterocycles. The highest BCUT2D eigenvalue weighted by molar-refractivity contribution is 7.13. The van der Waals surface area contributed by atoms with Crippen LogP contribution < -0.4 is 4.90 Å². The lowest BCUT2D eigenvalue weighted by Crippen LogP contribution is -2.23. The Balaban J connectivity index is 2.05. The molecule has 1 aromatic heterocycles. The van der Waals surface area contributed by atoms with E-state index in [1.807, 2.05) is 10.3 Å². The number of nitrogens with zero attached hydrogens (tertiary/aromatic N) is 3. The van der Waals surface area contributed by atoms with E-state index in [-0.39, 0.29) is 11.5 Å². The number of nitro benzene ring substituents is 1. The number of nitro groups is 1. The number of Topliss-reactive ketones (excluding diaryl/α,β-unsaturated/α-hetero) is 1. The molecule has 0 saturated carbocycles. The average Bonchev–Trinajstić information content (AvgIpc) is 3.16. The molecule has 1 aliphatic rings. The Morgan fingerprint density at radius 1 is 1.24 bits per heavy atom. The highest BCUT2D eigenvalue weighted by Crippen LogP contribution is 2.35. The molecule has 0 atom stereocenters. The second-order valence-electron chi connectivity index (χ2n) is 6.76. The highest BCUT2D eigenvalue weighted by atomic mass is 32.1. The molecule has 1 aromatic carbocycles. The van der Waals surface area contributed by atoms with Crippen molar-refractivity contribution in [1.29, 1.82) is 0 Å². The number of carbonyl (C=O) groups is 1. The first-order valence-corrected chi connectivity index (χ1v) is 12.1. The van der Waals surface area contributed by atoms with E-state index in [0.717, 1.165) is 5.13 Å². The van der Waals surface area contributed by atoms with Gasteiger partial charge in [0.05, 0.1) is 18.7 Å². The molecule has 128 valence electrons. The summed E-state index contributed by atoms with van der Waals surface area (Å²) in [6.45, 7) is 6.49. The summed E-state index contributed by atoms with van der Waals surface area (Å²) in [6, 6.07) is 6.05. The first-order valence-electron chi connectivity index (χ1n) is 7.69. The van der Waals surface area contributed by atoms with Crippen molar-refractivity contribution in [2.75, 3.05) is 4.90 Å². The van der Waals surface area contributed by atoms with E-state index in [2.05, 4.69) is 30.3 Å². The van der Waals surface area contributed by atoms with Crippen LogP contribution >= 0.6 is 11.3 Å². The van der Waals surface area contributed by atoms with Gasteiger partial charge in [0.1, 0.15) is 0 Å². The monoisotopic (exact) mass is 371 g/mol. The number of anilines is 1. The van der Waals surface area contributed by atoms with Crippen molar-refractivity contribution >= 4 is 41.6 Å². The largest absolute Gasteiger partial charge is 0.289 e. The predicted octanol–water partition coefficient (Wildman–Crippen LogP) is 4.24. The Kier molecular flexibility index (Phi) is 4.40. The van der Waals surface area contributed by atoms with Crippen LogP contribution in [0.2, 0.25) is 19.6 Å². The number of aromatic nitrogens is 1. The van der Waals surface area contributed by atoms with E-state index < -0.39 is 13.0 Å². The van der Waals surface area contributed by atoms with Crippen molar-refractivity contribution < 1.29 is 9.72 Å². The molecule has 3 rings (SSSR count). The summed E-state index contributed by atoms with van der Waals surface area (Å²) in [6.07, 6.45) is 3.47. The first-order chi connectivity index (χ1) is 11.8. The minimum absolute atomic E-state index is 0.00411. The normalized spacial score (nSPS) is 16.4. The first kappa shape index (κ1) is 17.2. The van der Waals surface area contributed by atoms with Gasteiger partial charge in [0.15, 0.2) is 5.13 Å². The lowest BCUT2D eigenvalue weighted by atomic mass is 10.0. The maximum atomic E-state index is 13.0. The van der Waals surface area contributed by atoms with Crippen molar-refractivity contribution in [3.8, 4) is 0 Å². The summed E-state index contributed by atoms with van der Waals surface area (Å²) in [5.41, 5.74) is 3.86. The number of non-ortho nitro benzene ring substituents is 1. The number of thiazole rings is 1.